The second-order valence-electron chi connectivity index (χ2n) is 26.7. The van der Waals surface area contributed by atoms with E-state index in [0.717, 1.165) is 75.8 Å². The number of piperidine rings is 1. The van der Waals surface area contributed by atoms with Gasteiger partial charge in [-0.15, -0.1) is 0 Å². The molecule has 0 aliphatic carbocycles. The number of likely N-dealkylation sites (tertiary alicyclic amines) is 3. The molecular weight excluding hydrogens is 1310 g/mol. The lowest BCUT2D eigenvalue weighted by molar-refractivity contribution is -0.150. The Morgan fingerprint density at radius 2 is 0.920 bits per heavy atom. The van der Waals surface area contributed by atoms with Gasteiger partial charge in [-0.3, -0.25) is 43.7 Å². The van der Waals surface area contributed by atoms with Crippen molar-refractivity contribution in [2.45, 2.75) is 114 Å². The molecule has 17 nitrogen and oxygen atoms in total. The zero-order valence-corrected chi connectivity index (χ0v) is 57.3. The van der Waals surface area contributed by atoms with Crippen LogP contribution in [0.1, 0.15) is 110 Å². The first kappa shape index (κ1) is 71.1. The second kappa shape index (κ2) is 30.1. The average molecular weight is 1390 g/mol. The van der Waals surface area contributed by atoms with Crippen LogP contribution in [0.15, 0.2) is 152 Å². The molecule has 9 aromatic rings. The van der Waals surface area contributed by atoms with Gasteiger partial charge in [0.15, 0.2) is 29.1 Å². The number of amides is 3. The van der Waals surface area contributed by atoms with E-state index in [0.29, 0.717) is 55.0 Å². The minimum absolute atomic E-state index is 0.00719. The van der Waals surface area contributed by atoms with E-state index in [1.807, 2.05) is 109 Å². The highest BCUT2D eigenvalue weighted by Gasteiger charge is 2.52. The van der Waals surface area contributed by atoms with Crippen LogP contribution in [-0.4, -0.2) is 158 Å². The van der Waals surface area contributed by atoms with Crippen LogP contribution in [0.3, 0.4) is 0 Å². The van der Waals surface area contributed by atoms with Crippen LogP contribution in [0.4, 0.5) is 18.9 Å². The lowest BCUT2D eigenvalue weighted by Gasteiger charge is -2.46. The Labute approximate surface area is 587 Å². The second-order valence-corrected chi connectivity index (χ2v) is 27.6. The van der Waals surface area contributed by atoms with Crippen LogP contribution in [-0.2, 0) is 14.4 Å². The van der Waals surface area contributed by atoms with Crippen LogP contribution in [0.25, 0.3) is 65.7 Å². The fourth-order valence-electron chi connectivity index (χ4n) is 13.4. The quantitative estimate of drug-likeness (QED) is 0.0870. The largest absolute Gasteiger partial charge is 0.369 e. The van der Waals surface area contributed by atoms with Gasteiger partial charge in [0.2, 0.25) is 17.7 Å². The minimum Gasteiger partial charge on any atom is -0.369 e. The number of hydrogen-bond acceptors (Lipinski definition) is 14. The molecule has 7 heterocycles. The molecule has 4 aliphatic heterocycles. The number of hydrogen-bond donors (Lipinski definition) is 0. The number of halogens is 5. The molecule has 4 saturated heterocycles. The first-order valence-electron chi connectivity index (χ1n) is 33.1. The number of ketones is 3. The number of carbonyl (C=O) groups excluding carboxylic acids is 6. The number of anilines is 1. The van der Waals surface area contributed by atoms with Gasteiger partial charge in [-0.1, -0.05) is 65.7 Å². The molecule has 0 radical (unpaired) electrons. The van der Waals surface area contributed by atoms with Crippen molar-refractivity contribution in [1.82, 2.24) is 34.6 Å². The van der Waals surface area contributed by atoms with Crippen LogP contribution in [0.2, 0.25) is 10.0 Å². The standard InChI is InChI=1S/C28H21ClFN3O2.C26H23ClFN3O2.C24H28FN5O2/c1-28(30)16-33(26(28)15-31)27(35)9-8-25(34)22-10-11-32-24-7-5-20(14-23(22)24)17-2-3-19-13-21(29)6-4-18(19)12-17;1-26(28)12-10-20(15-29)31(16-26)25(33)9-8-24(32)21-11-13-30-23-7-4-18(14-22(21)23)17-2-5-19(27)6-3-17;1-24(25)14-18(15-26)30(16-24)23(32)6-5-22(31)19-7-8-27-21-4-3-17(13-20(19)21)29-11-9-28(2)10-12-29/h2-7,10-14,26H,8-9,16H2,1H3;2-7,11,13-14,20H,8-10,12,16H2,1H3;3-4,7-8,13,18H,5-6,9-12,14,16H2,1-2H3/t26-,28?;20-,26?;18-,24?/m100/s1. The normalized spacial score (nSPS) is 21.2. The molecule has 3 aromatic heterocycles. The Morgan fingerprint density at radius 3 is 1.45 bits per heavy atom. The third-order valence-corrected chi connectivity index (χ3v) is 19.5. The molecule has 100 heavy (non-hydrogen) atoms. The van der Waals surface area contributed by atoms with E-state index in [4.69, 9.17) is 28.5 Å². The predicted octanol–water partition coefficient (Wildman–Crippen LogP) is 14.7. The predicted molar refractivity (Wildman–Crippen MR) is 380 cm³/mol. The van der Waals surface area contributed by atoms with Crippen molar-refractivity contribution >= 4 is 107 Å². The molecule has 6 aromatic carbocycles. The maximum atomic E-state index is 14.4. The summed E-state index contributed by atoms with van der Waals surface area (Å²) >= 11 is 12.1. The zero-order valence-electron chi connectivity index (χ0n) is 55.7. The number of aromatic nitrogens is 3. The number of likely N-dealkylation sites (N-methyl/N-ethyl adjacent to an activating group) is 1. The highest BCUT2D eigenvalue weighted by molar-refractivity contribution is 6.31. The Kier molecular flexibility index (Phi) is 21.4. The van der Waals surface area contributed by atoms with Crippen LogP contribution >= 0.6 is 23.2 Å². The van der Waals surface area contributed by atoms with Gasteiger partial charge in [-0.2, -0.15) is 15.8 Å². The number of alkyl halides is 3. The molecule has 22 heteroatoms. The van der Waals surface area contributed by atoms with E-state index in [-0.39, 0.29) is 100 Å². The van der Waals surface area contributed by atoms with Gasteiger partial charge in [-0.05, 0) is 165 Å². The summed E-state index contributed by atoms with van der Waals surface area (Å²) in [7, 11) is 2.11. The highest BCUT2D eigenvalue weighted by Crippen LogP contribution is 2.37. The SMILES string of the molecule is CC1(F)CC[C@@H](C#N)N(C(=O)CCC(=O)c2ccnc3ccc(-c4ccc(Cl)cc4)cc23)C1.CC1(F)CN(C(=O)CCC(=O)c2ccnc3ccc(-c4ccc5cc(Cl)ccc5c4)cc23)[C@@H]1C#N.CN1CCN(c2ccc3nccc(C(=O)CCC(=O)N4CC(C)(F)C[C@H]4C#N)c3c2)CC1. The molecular formula is C78H72Cl2F3N11O6. The average Bonchev–Trinajstić information content (AvgIpc) is 0.970. The molecule has 3 amide bonds. The molecule has 13 rings (SSSR count). The zero-order chi connectivity index (χ0) is 71.2. The van der Waals surface area contributed by atoms with Crippen molar-refractivity contribution in [3.05, 3.63) is 179 Å². The number of pyridine rings is 3. The van der Waals surface area contributed by atoms with Crippen molar-refractivity contribution in [3.8, 4) is 40.5 Å². The van der Waals surface area contributed by atoms with Crippen molar-refractivity contribution < 1.29 is 41.9 Å². The van der Waals surface area contributed by atoms with E-state index in [1.165, 1.54) is 35.5 Å². The maximum absolute atomic E-state index is 14.4. The van der Waals surface area contributed by atoms with E-state index < -0.39 is 41.0 Å². The molecule has 0 saturated carbocycles. The smallest absolute Gasteiger partial charge is 0.224 e. The number of carbonyl (C=O) groups is 6. The van der Waals surface area contributed by atoms with Crippen molar-refractivity contribution in [2.75, 3.05) is 57.8 Å². The fraction of sp³-hybridized carbons (Fsp3) is 0.333. The van der Waals surface area contributed by atoms with Crippen molar-refractivity contribution in [3.63, 3.8) is 0 Å². The van der Waals surface area contributed by atoms with Crippen LogP contribution in [0, 0.1) is 34.0 Å². The Morgan fingerprint density at radius 1 is 0.480 bits per heavy atom. The van der Waals surface area contributed by atoms with Crippen LogP contribution < -0.4 is 4.90 Å². The first-order chi connectivity index (χ1) is 47.8. The number of piperazine rings is 1. The van der Waals surface area contributed by atoms with E-state index in [9.17, 15) is 52.5 Å². The molecule has 4 fully saturated rings. The number of nitriles is 3. The topological polar surface area (TPSA) is 229 Å². The number of nitrogens with zero attached hydrogens (tertiary/aromatic N) is 11. The van der Waals surface area contributed by atoms with Gasteiger partial charge < -0.3 is 24.5 Å². The number of Topliss-reactive ketones (excluding diaryl/α,β-unsaturated/α-hetero) is 3. The van der Waals surface area contributed by atoms with Crippen molar-refractivity contribution in [1.29, 1.82) is 15.8 Å². The van der Waals surface area contributed by atoms with Gasteiger partial charge >= 0.3 is 0 Å². The summed E-state index contributed by atoms with van der Waals surface area (Å²) in [5.41, 5.74) is 3.66. The first-order valence-corrected chi connectivity index (χ1v) is 33.9. The minimum atomic E-state index is -1.71. The fourth-order valence-corrected chi connectivity index (χ4v) is 13.7. The number of benzene rings is 6. The summed E-state index contributed by atoms with van der Waals surface area (Å²) in [5.74, 6) is -1.68. The molecule has 6 atom stereocenters. The molecule has 3 unspecified atom stereocenters. The summed E-state index contributed by atoms with van der Waals surface area (Å²) in [6.07, 6.45) is 5.05. The number of fused-ring (bicyclic) bond motifs is 4. The lowest BCUT2D eigenvalue weighted by Crippen LogP contribution is -2.66. The van der Waals surface area contributed by atoms with Crippen LogP contribution in [0.5, 0.6) is 0 Å². The Bertz CT molecular complexity index is 4810. The van der Waals surface area contributed by atoms with Gasteiger partial charge in [0.05, 0.1) is 54.4 Å². The lowest BCUT2D eigenvalue weighted by atomic mass is 9.87. The monoisotopic (exact) mass is 1390 g/mol. The summed E-state index contributed by atoms with van der Waals surface area (Å²) in [5, 5.41) is 33.3. The van der Waals surface area contributed by atoms with E-state index >= 15 is 0 Å². The number of rotatable bonds is 15. The molecule has 0 spiro atoms. The molecule has 4 aliphatic rings. The van der Waals surface area contributed by atoms with Gasteiger partial charge in [-0.25, -0.2) is 13.2 Å². The summed E-state index contributed by atoms with van der Waals surface area (Å²) < 4.78 is 42.8. The third kappa shape index (κ3) is 16.3. The molecule has 0 bridgehead atoms. The molecule has 510 valence electrons. The summed E-state index contributed by atoms with van der Waals surface area (Å²) in [6.45, 7) is 7.59. The van der Waals surface area contributed by atoms with Gasteiger partial charge in [0, 0.05) is 138 Å². The maximum Gasteiger partial charge on any atom is 0.224 e. The van der Waals surface area contributed by atoms with E-state index in [2.05, 4.69) is 43.9 Å². The highest BCUT2D eigenvalue weighted by atomic mass is 35.5. The summed E-state index contributed by atoms with van der Waals surface area (Å²) in [6, 6.07) is 45.0. The van der Waals surface area contributed by atoms with Gasteiger partial charge in [0.1, 0.15) is 23.4 Å². The Hall–Kier alpha value is -10.2. The Balaban J connectivity index is 0.000000151. The van der Waals surface area contributed by atoms with Gasteiger partial charge in [0.25, 0.3) is 0 Å². The van der Waals surface area contributed by atoms with E-state index in [1.54, 1.807) is 48.9 Å². The third-order valence-electron chi connectivity index (χ3n) is 19.0. The molecule has 0 N–H and O–H groups in total. The summed E-state index contributed by atoms with van der Waals surface area (Å²) in [4.78, 5) is 98.5. The van der Waals surface area contributed by atoms with Crippen molar-refractivity contribution in [2.24, 2.45) is 0 Å².